The highest BCUT2D eigenvalue weighted by Crippen LogP contribution is 2.28. The molecule has 0 bridgehead atoms. The number of ether oxygens (including phenoxy) is 2. The van der Waals surface area contributed by atoms with Crippen LogP contribution in [0.3, 0.4) is 0 Å². The quantitative estimate of drug-likeness (QED) is 0.830. The summed E-state index contributed by atoms with van der Waals surface area (Å²) in [5.74, 6) is 1.34. The molecule has 0 saturated carbocycles. The first kappa shape index (κ1) is 18.1. The van der Waals surface area contributed by atoms with Gasteiger partial charge in [-0.1, -0.05) is 24.3 Å². The first-order valence-corrected chi connectivity index (χ1v) is 9.00. The Balaban J connectivity index is 1.55. The summed E-state index contributed by atoms with van der Waals surface area (Å²) in [5, 5.41) is 3.09. The molecule has 5 nitrogen and oxygen atoms in total. The van der Waals surface area contributed by atoms with E-state index >= 15 is 0 Å². The molecule has 1 aliphatic heterocycles. The second-order valence-electron chi connectivity index (χ2n) is 6.50. The van der Waals surface area contributed by atoms with Crippen LogP contribution in [0.2, 0.25) is 0 Å². The second-order valence-corrected chi connectivity index (χ2v) is 6.50. The van der Waals surface area contributed by atoms with Crippen molar-refractivity contribution in [3.63, 3.8) is 0 Å². The summed E-state index contributed by atoms with van der Waals surface area (Å²) < 4.78 is 10.5. The molecule has 1 saturated heterocycles. The van der Waals surface area contributed by atoms with Gasteiger partial charge in [0.05, 0.1) is 20.6 Å². The van der Waals surface area contributed by atoms with Crippen LogP contribution in [0.1, 0.15) is 18.4 Å². The topological polar surface area (TPSA) is 50.8 Å². The van der Waals surface area contributed by atoms with Gasteiger partial charge in [-0.3, -0.25) is 4.79 Å². The molecule has 1 N–H and O–H groups in total. The van der Waals surface area contributed by atoms with Crippen molar-refractivity contribution in [2.24, 2.45) is 0 Å². The maximum absolute atomic E-state index is 12.4. The minimum absolute atomic E-state index is 0.0251. The Kier molecular flexibility index (Phi) is 6.00. The van der Waals surface area contributed by atoms with Crippen molar-refractivity contribution in [2.45, 2.75) is 25.3 Å². The average Bonchev–Trinajstić information content (AvgIpc) is 3.15. The summed E-state index contributed by atoms with van der Waals surface area (Å²) in [6.45, 7) is 1.71. The summed E-state index contributed by atoms with van der Waals surface area (Å²) in [4.78, 5) is 14.8. The van der Waals surface area contributed by atoms with Crippen molar-refractivity contribution >= 4 is 11.6 Å². The van der Waals surface area contributed by atoms with Gasteiger partial charge in [-0.2, -0.15) is 0 Å². The number of hydrogen-bond acceptors (Lipinski definition) is 4. The number of rotatable bonds is 7. The fourth-order valence-electron chi connectivity index (χ4n) is 3.48. The standard InChI is InChI=1S/C21H26N2O3/c1-25-19-11-10-16(13-20(19)26-2)14-21(24)22-15-18-9-6-12-23(18)17-7-4-3-5-8-17/h3-5,7-8,10-11,13,18H,6,9,12,14-15H2,1-2H3,(H,22,24)/t18-/m1/s1. The van der Waals surface area contributed by atoms with Crippen LogP contribution in [-0.4, -0.2) is 39.3 Å². The molecule has 0 aromatic heterocycles. The van der Waals surface area contributed by atoms with Gasteiger partial charge in [0.2, 0.25) is 5.91 Å². The molecule has 0 radical (unpaired) electrons. The predicted molar refractivity (Wildman–Crippen MR) is 103 cm³/mol. The van der Waals surface area contributed by atoms with E-state index in [2.05, 4.69) is 34.5 Å². The van der Waals surface area contributed by atoms with E-state index in [1.54, 1.807) is 14.2 Å². The van der Waals surface area contributed by atoms with Gasteiger partial charge < -0.3 is 19.7 Å². The number of amides is 1. The van der Waals surface area contributed by atoms with Gasteiger partial charge >= 0.3 is 0 Å². The zero-order valence-electron chi connectivity index (χ0n) is 15.4. The lowest BCUT2D eigenvalue weighted by atomic mass is 10.1. The zero-order valence-corrected chi connectivity index (χ0v) is 15.4. The van der Waals surface area contributed by atoms with Crippen molar-refractivity contribution < 1.29 is 14.3 Å². The molecule has 5 heteroatoms. The zero-order chi connectivity index (χ0) is 18.4. The van der Waals surface area contributed by atoms with Crippen molar-refractivity contribution in [1.29, 1.82) is 0 Å². The molecular formula is C21H26N2O3. The maximum Gasteiger partial charge on any atom is 0.224 e. The van der Waals surface area contributed by atoms with Gasteiger partial charge in [-0.25, -0.2) is 0 Å². The third kappa shape index (κ3) is 4.28. The van der Waals surface area contributed by atoms with Gasteiger partial charge in [0.1, 0.15) is 0 Å². The van der Waals surface area contributed by atoms with Crippen molar-refractivity contribution in [3.8, 4) is 11.5 Å². The molecule has 26 heavy (non-hydrogen) atoms. The van der Waals surface area contributed by atoms with E-state index in [9.17, 15) is 4.79 Å². The van der Waals surface area contributed by atoms with Crippen LogP contribution in [0.5, 0.6) is 11.5 Å². The highest BCUT2D eigenvalue weighted by molar-refractivity contribution is 5.79. The number of methoxy groups -OCH3 is 2. The van der Waals surface area contributed by atoms with Crippen LogP contribution in [0.15, 0.2) is 48.5 Å². The molecule has 1 heterocycles. The molecule has 0 aliphatic carbocycles. The van der Waals surface area contributed by atoms with E-state index in [1.807, 2.05) is 24.3 Å². The van der Waals surface area contributed by atoms with Crippen LogP contribution >= 0.6 is 0 Å². The second kappa shape index (κ2) is 8.61. The number of nitrogens with zero attached hydrogens (tertiary/aromatic N) is 1. The monoisotopic (exact) mass is 354 g/mol. The van der Waals surface area contributed by atoms with Gasteiger partial charge in [0.15, 0.2) is 11.5 Å². The smallest absolute Gasteiger partial charge is 0.224 e. The SMILES string of the molecule is COc1ccc(CC(=O)NC[C@H]2CCCN2c2ccccc2)cc1OC. The number of hydrogen-bond donors (Lipinski definition) is 1. The van der Waals surface area contributed by atoms with Crippen LogP contribution in [0.4, 0.5) is 5.69 Å². The van der Waals surface area contributed by atoms with Gasteiger partial charge in [0.25, 0.3) is 0 Å². The Morgan fingerprint density at radius 2 is 1.88 bits per heavy atom. The Bertz CT molecular complexity index is 733. The highest BCUT2D eigenvalue weighted by atomic mass is 16.5. The van der Waals surface area contributed by atoms with E-state index in [4.69, 9.17) is 9.47 Å². The molecule has 1 atom stereocenters. The number of carbonyl (C=O) groups excluding carboxylic acids is 1. The molecule has 2 aromatic rings. The van der Waals surface area contributed by atoms with Crippen molar-refractivity contribution in [3.05, 3.63) is 54.1 Å². The van der Waals surface area contributed by atoms with Gasteiger partial charge in [-0.15, -0.1) is 0 Å². The predicted octanol–water partition coefficient (Wildman–Crippen LogP) is 3.03. The largest absolute Gasteiger partial charge is 0.493 e. The van der Waals surface area contributed by atoms with Crippen molar-refractivity contribution in [2.75, 3.05) is 32.2 Å². The third-order valence-electron chi connectivity index (χ3n) is 4.81. The molecule has 1 aliphatic rings. The Morgan fingerprint density at radius 3 is 2.62 bits per heavy atom. The molecule has 0 spiro atoms. The fourth-order valence-corrected chi connectivity index (χ4v) is 3.48. The summed E-state index contributed by atoms with van der Waals surface area (Å²) in [6, 6.07) is 16.3. The molecule has 0 unspecified atom stereocenters. The summed E-state index contributed by atoms with van der Waals surface area (Å²) in [6.07, 6.45) is 2.59. The molecule has 2 aromatic carbocycles. The van der Waals surface area contributed by atoms with Gasteiger partial charge in [0, 0.05) is 24.8 Å². The molecule has 1 amide bonds. The van der Waals surface area contributed by atoms with E-state index < -0.39 is 0 Å². The molecule has 138 valence electrons. The number of benzene rings is 2. The fraction of sp³-hybridized carbons (Fsp3) is 0.381. The minimum atomic E-state index is 0.0251. The van der Waals surface area contributed by atoms with Crippen LogP contribution in [0.25, 0.3) is 0 Å². The first-order valence-electron chi connectivity index (χ1n) is 9.00. The van der Waals surface area contributed by atoms with Gasteiger partial charge in [-0.05, 0) is 42.7 Å². The van der Waals surface area contributed by atoms with E-state index in [0.29, 0.717) is 30.5 Å². The number of carbonyl (C=O) groups is 1. The summed E-state index contributed by atoms with van der Waals surface area (Å²) in [7, 11) is 3.20. The minimum Gasteiger partial charge on any atom is -0.493 e. The normalized spacial score (nSPS) is 16.4. The number of para-hydroxylation sites is 1. The first-order chi connectivity index (χ1) is 12.7. The van der Waals surface area contributed by atoms with E-state index in [1.165, 1.54) is 5.69 Å². The number of nitrogens with one attached hydrogen (secondary N) is 1. The lowest BCUT2D eigenvalue weighted by molar-refractivity contribution is -0.120. The van der Waals surface area contributed by atoms with Crippen LogP contribution in [0, 0.1) is 0 Å². The summed E-state index contributed by atoms with van der Waals surface area (Å²) in [5.41, 5.74) is 2.13. The highest BCUT2D eigenvalue weighted by Gasteiger charge is 2.24. The maximum atomic E-state index is 12.4. The third-order valence-corrected chi connectivity index (χ3v) is 4.81. The molecule has 1 fully saturated rings. The van der Waals surface area contributed by atoms with E-state index in [-0.39, 0.29) is 5.91 Å². The van der Waals surface area contributed by atoms with E-state index in [0.717, 1.165) is 24.9 Å². The Hall–Kier alpha value is -2.69. The summed E-state index contributed by atoms with van der Waals surface area (Å²) >= 11 is 0. The van der Waals surface area contributed by atoms with Crippen LogP contribution < -0.4 is 19.7 Å². The lowest BCUT2D eigenvalue weighted by Crippen LogP contribution is -2.40. The van der Waals surface area contributed by atoms with Crippen molar-refractivity contribution in [1.82, 2.24) is 5.32 Å². The average molecular weight is 354 g/mol. The Morgan fingerprint density at radius 1 is 1.12 bits per heavy atom. The Labute approximate surface area is 154 Å². The lowest BCUT2D eigenvalue weighted by Gasteiger charge is -2.27. The van der Waals surface area contributed by atoms with Crippen LogP contribution in [-0.2, 0) is 11.2 Å². The molecular weight excluding hydrogens is 328 g/mol. The molecule has 3 rings (SSSR count). The number of anilines is 1.